The first-order chi connectivity index (χ1) is 27.6. The fraction of sp³-hybridized carbons (Fsp3) is 0. The Bertz CT molecular complexity index is 3150. The van der Waals surface area contributed by atoms with Gasteiger partial charge in [-0.2, -0.15) is 0 Å². The highest BCUT2D eigenvalue weighted by Gasteiger charge is 2.24. The van der Waals surface area contributed by atoms with E-state index in [2.05, 4.69) is 194 Å². The second kappa shape index (κ2) is 13.8. The minimum Gasteiger partial charge on any atom is -0.399 e. The summed E-state index contributed by atoms with van der Waals surface area (Å²) >= 11 is 0. The monoisotopic (exact) mass is 714 g/mol. The third kappa shape index (κ3) is 5.95. The lowest BCUT2D eigenvalue weighted by molar-refractivity contribution is 1.50. The SMILES string of the molecule is Nc1ccc(C(=C(c2ccc3ccccc3c2)c2ccc(N)c(-c3ccc4ccccc4c3)c2-c2ccc3ccccc3c2)c2ccc3ccccc3c2)cc1. The molecular weight excluding hydrogens is 677 g/mol. The van der Waals surface area contributed by atoms with Gasteiger partial charge in [-0.15, -0.1) is 0 Å². The topological polar surface area (TPSA) is 52.0 Å². The van der Waals surface area contributed by atoms with Crippen LogP contribution in [-0.2, 0) is 0 Å². The lowest BCUT2D eigenvalue weighted by Crippen LogP contribution is -2.03. The van der Waals surface area contributed by atoms with Crippen molar-refractivity contribution < 1.29 is 0 Å². The molecule has 10 aromatic carbocycles. The highest BCUT2D eigenvalue weighted by atomic mass is 14.6. The van der Waals surface area contributed by atoms with Gasteiger partial charge in [0, 0.05) is 16.9 Å². The van der Waals surface area contributed by atoms with Crippen LogP contribution in [0.4, 0.5) is 11.4 Å². The van der Waals surface area contributed by atoms with E-state index in [1.54, 1.807) is 0 Å². The number of nitrogens with two attached hydrogens (primary N) is 2. The number of benzene rings is 10. The van der Waals surface area contributed by atoms with E-state index >= 15 is 0 Å². The first-order valence-corrected chi connectivity index (χ1v) is 19.1. The number of rotatable bonds is 6. The Morgan fingerprint density at radius 2 is 0.679 bits per heavy atom. The maximum absolute atomic E-state index is 7.18. The normalized spacial score (nSPS) is 12.0. The fourth-order valence-corrected chi connectivity index (χ4v) is 8.36. The van der Waals surface area contributed by atoms with E-state index < -0.39 is 0 Å². The van der Waals surface area contributed by atoms with Crippen LogP contribution in [0.25, 0.3) is 76.5 Å². The van der Waals surface area contributed by atoms with E-state index in [0.717, 1.165) is 67.0 Å². The van der Waals surface area contributed by atoms with Crippen LogP contribution < -0.4 is 11.5 Å². The van der Waals surface area contributed by atoms with Gasteiger partial charge in [-0.25, -0.2) is 0 Å². The molecule has 0 saturated carbocycles. The maximum Gasteiger partial charge on any atom is 0.0400 e. The second-order valence-corrected chi connectivity index (χ2v) is 14.6. The number of hydrogen-bond donors (Lipinski definition) is 2. The molecule has 0 fully saturated rings. The van der Waals surface area contributed by atoms with Crippen molar-refractivity contribution in [2.45, 2.75) is 0 Å². The van der Waals surface area contributed by atoms with Crippen molar-refractivity contribution in [2.75, 3.05) is 11.5 Å². The van der Waals surface area contributed by atoms with Gasteiger partial charge < -0.3 is 11.5 Å². The third-order valence-corrected chi connectivity index (χ3v) is 11.1. The van der Waals surface area contributed by atoms with E-state index in [1.807, 2.05) is 12.1 Å². The zero-order valence-corrected chi connectivity index (χ0v) is 30.8. The van der Waals surface area contributed by atoms with Crippen molar-refractivity contribution in [3.05, 3.63) is 229 Å². The highest BCUT2D eigenvalue weighted by molar-refractivity contribution is 6.12. The zero-order valence-electron chi connectivity index (χ0n) is 30.8. The van der Waals surface area contributed by atoms with Crippen molar-refractivity contribution in [2.24, 2.45) is 0 Å². The largest absolute Gasteiger partial charge is 0.399 e. The summed E-state index contributed by atoms with van der Waals surface area (Å²) in [6, 6.07) is 74.0. The first-order valence-electron chi connectivity index (χ1n) is 19.1. The van der Waals surface area contributed by atoms with E-state index in [-0.39, 0.29) is 0 Å². The summed E-state index contributed by atoms with van der Waals surface area (Å²) in [4.78, 5) is 0. The van der Waals surface area contributed by atoms with Crippen molar-refractivity contribution in [1.82, 2.24) is 0 Å². The Labute approximate surface area is 326 Å². The highest BCUT2D eigenvalue weighted by Crippen LogP contribution is 2.48. The molecule has 0 aromatic heterocycles. The maximum atomic E-state index is 7.18. The predicted octanol–water partition coefficient (Wildman–Crippen LogP) is 13.8. The molecule has 2 heteroatoms. The van der Waals surface area contributed by atoms with Crippen LogP contribution in [0.5, 0.6) is 0 Å². The van der Waals surface area contributed by atoms with Gasteiger partial charge in [0.25, 0.3) is 0 Å². The summed E-state index contributed by atoms with van der Waals surface area (Å²) in [7, 11) is 0. The van der Waals surface area contributed by atoms with Crippen LogP contribution in [0.1, 0.15) is 22.3 Å². The lowest BCUT2D eigenvalue weighted by atomic mass is 9.79. The van der Waals surface area contributed by atoms with Gasteiger partial charge in [-0.1, -0.05) is 164 Å². The number of hydrogen-bond acceptors (Lipinski definition) is 2. The van der Waals surface area contributed by atoms with Gasteiger partial charge in [-0.05, 0) is 136 Å². The second-order valence-electron chi connectivity index (χ2n) is 14.6. The molecule has 0 heterocycles. The molecule has 2 nitrogen and oxygen atoms in total. The van der Waals surface area contributed by atoms with Gasteiger partial charge in [0.1, 0.15) is 0 Å². The molecule has 0 spiro atoms. The van der Waals surface area contributed by atoms with Crippen molar-refractivity contribution >= 4 is 65.6 Å². The molecule has 264 valence electrons. The molecule has 0 atom stereocenters. The molecule has 0 aliphatic rings. The Hall–Kier alpha value is -7.42. The Balaban J connectivity index is 1.39. The molecule has 0 saturated heterocycles. The Morgan fingerprint density at radius 1 is 0.286 bits per heavy atom. The molecule has 10 rings (SSSR count). The first kappa shape index (κ1) is 33.2. The van der Waals surface area contributed by atoms with Crippen LogP contribution >= 0.6 is 0 Å². The lowest BCUT2D eigenvalue weighted by Gasteiger charge is -2.24. The van der Waals surface area contributed by atoms with Crippen molar-refractivity contribution in [3.63, 3.8) is 0 Å². The molecule has 0 amide bonds. The van der Waals surface area contributed by atoms with E-state index in [9.17, 15) is 0 Å². The fourth-order valence-electron chi connectivity index (χ4n) is 8.36. The quantitative estimate of drug-likeness (QED) is 0.133. The summed E-state index contributed by atoms with van der Waals surface area (Å²) in [6.45, 7) is 0. The zero-order chi connectivity index (χ0) is 37.6. The molecule has 0 unspecified atom stereocenters. The van der Waals surface area contributed by atoms with Gasteiger partial charge >= 0.3 is 0 Å². The minimum atomic E-state index is 0.724. The third-order valence-electron chi connectivity index (χ3n) is 11.1. The van der Waals surface area contributed by atoms with E-state index in [4.69, 9.17) is 11.5 Å². The molecule has 0 bridgehead atoms. The average Bonchev–Trinajstić information content (AvgIpc) is 3.25. The Kier molecular flexibility index (Phi) is 8.16. The summed E-state index contributed by atoms with van der Waals surface area (Å²) in [5, 5.41) is 9.47. The van der Waals surface area contributed by atoms with Gasteiger partial charge in [0.2, 0.25) is 0 Å². The van der Waals surface area contributed by atoms with Crippen LogP contribution in [0.3, 0.4) is 0 Å². The average molecular weight is 715 g/mol. The summed E-state index contributed by atoms with van der Waals surface area (Å²) in [5.74, 6) is 0. The number of anilines is 2. The summed E-state index contributed by atoms with van der Waals surface area (Å²) in [5.41, 5.74) is 25.9. The van der Waals surface area contributed by atoms with E-state index in [0.29, 0.717) is 0 Å². The molecule has 10 aromatic rings. The van der Waals surface area contributed by atoms with Crippen molar-refractivity contribution in [3.8, 4) is 22.3 Å². The molecule has 0 aliphatic carbocycles. The van der Waals surface area contributed by atoms with Crippen molar-refractivity contribution in [1.29, 1.82) is 0 Å². The van der Waals surface area contributed by atoms with Gasteiger partial charge in [-0.3, -0.25) is 0 Å². The molecule has 4 N–H and O–H groups in total. The molecule has 56 heavy (non-hydrogen) atoms. The summed E-state index contributed by atoms with van der Waals surface area (Å²) in [6.07, 6.45) is 0. The predicted molar refractivity (Wildman–Crippen MR) is 241 cm³/mol. The molecule has 0 aliphatic heterocycles. The molecule has 0 radical (unpaired) electrons. The van der Waals surface area contributed by atoms with Crippen LogP contribution in [0, 0.1) is 0 Å². The summed E-state index contributed by atoms with van der Waals surface area (Å²) < 4.78 is 0. The standard InChI is InChI=1S/C54H38N2/c55-48-27-25-39(26-28-48)51(44-21-17-35-9-1-5-13-40(35)31-44)52(45-22-18-36-10-2-6-14-41(36)32-45)49-29-30-50(56)54(47-24-20-38-12-4-8-16-43(38)34-47)53(49)46-23-19-37-11-3-7-15-42(37)33-46/h1-34H,55-56H2. The van der Waals surface area contributed by atoms with Gasteiger partial charge in [0.05, 0.1) is 0 Å². The minimum absolute atomic E-state index is 0.724. The number of fused-ring (bicyclic) bond motifs is 4. The smallest absolute Gasteiger partial charge is 0.0400 e. The van der Waals surface area contributed by atoms with Crippen LogP contribution in [-0.4, -0.2) is 0 Å². The van der Waals surface area contributed by atoms with Gasteiger partial charge in [0.15, 0.2) is 0 Å². The number of nitrogen functional groups attached to an aromatic ring is 2. The van der Waals surface area contributed by atoms with Crippen LogP contribution in [0.15, 0.2) is 206 Å². The molecular formula is C54H38N2. The van der Waals surface area contributed by atoms with E-state index in [1.165, 1.54) is 43.1 Å². The van der Waals surface area contributed by atoms with Crippen LogP contribution in [0.2, 0.25) is 0 Å². The Morgan fingerprint density at radius 3 is 1.18 bits per heavy atom.